The van der Waals surface area contributed by atoms with Crippen LogP contribution in [-0.2, 0) is 6.42 Å². The smallest absolute Gasteiger partial charge is 0.0614 e. The van der Waals surface area contributed by atoms with E-state index in [1.807, 2.05) is 24.3 Å². The monoisotopic (exact) mass is 266 g/mol. The lowest BCUT2D eigenvalue weighted by Gasteiger charge is -2.41. The number of rotatable bonds is 3. The number of hydrogen-bond donors (Lipinski definition) is 1. The standard InChI is InChI=1S/C16H23ClO/c1-16(2)10-6-5-8-13(16)15(18)11-12-7-3-4-9-14(12)17/h3-4,7,9,13,15,18H,5-6,8,10-11H2,1-2H3. The summed E-state index contributed by atoms with van der Waals surface area (Å²) < 4.78 is 0. The Kier molecular flexibility index (Phi) is 4.34. The van der Waals surface area contributed by atoms with Gasteiger partial charge in [-0.25, -0.2) is 0 Å². The first-order valence-electron chi connectivity index (χ1n) is 6.92. The number of benzene rings is 1. The fourth-order valence-electron chi connectivity index (χ4n) is 3.27. The Morgan fingerprint density at radius 1 is 1.33 bits per heavy atom. The van der Waals surface area contributed by atoms with Gasteiger partial charge in [0.2, 0.25) is 0 Å². The van der Waals surface area contributed by atoms with E-state index >= 15 is 0 Å². The first-order chi connectivity index (χ1) is 8.50. The number of aliphatic hydroxyl groups excluding tert-OH is 1. The summed E-state index contributed by atoms with van der Waals surface area (Å²) in [5.74, 6) is 0.391. The maximum atomic E-state index is 10.5. The lowest BCUT2D eigenvalue weighted by molar-refractivity contribution is 0.00581. The van der Waals surface area contributed by atoms with Crippen LogP contribution in [0.15, 0.2) is 24.3 Å². The van der Waals surface area contributed by atoms with Crippen molar-refractivity contribution in [1.29, 1.82) is 0 Å². The van der Waals surface area contributed by atoms with Crippen LogP contribution in [0, 0.1) is 11.3 Å². The topological polar surface area (TPSA) is 20.2 Å². The second-order valence-corrected chi connectivity index (χ2v) is 6.61. The summed E-state index contributed by atoms with van der Waals surface area (Å²) in [6, 6.07) is 7.83. The van der Waals surface area contributed by atoms with Gasteiger partial charge in [0.1, 0.15) is 0 Å². The van der Waals surface area contributed by atoms with Crippen molar-refractivity contribution in [3.63, 3.8) is 0 Å². The number of halogens is 1. The predicted octanol–water partition coefficient (Wildman–Crippen LogP) is 4.46. The van der Waals surface area contributed by atoms with Crippen molar-refractivity contribution >= 4 is 11.6 Å². The van der Waals surface area contributed by atoms with E-state index in [0.717, 1.165) is 17.0 Å². The molecule has 2 unspecified atom stereocenters. The summed E-state index contributed by atoms with van der Waals surface area (Å²) in [7, 11) is 0. The first-order valence-corrected chi connectivity index (χ1v) is 7.30. The molecule has 0 aliphatic heterocycles. The molecule has 1 aromatic rings. The van der Waals surface area contributed by atoms with Crippen molar-refractivity contribution in [2.45, 2.75) is 52.1 Å². The summed E-state index contributed by atoms with van der Waals surface area (Å²) in [6.07, 6.45) is 5.29. The van der Waals surface area contributed by atoms with Crippen molar-refractivity contribution in [3.05, 3.63) is 34.9 Å². The van der Waals surface area contributed by atoms with Crippen LogP contribution in [0.1, 0.15) is 45.1 Å². The van der Waals surface area contributed by atoms with E-state index in [1.54, 1.807) is 0 Å². The minimum Gasteiger partial charge on any atom is -0.392 e. The maximum Gasteiger partial charge on any atom is 0.0614 e. The molecule has 0 spiro atoms. The van der Waals surface area contributed by atoms with Gasteiger partial charge in [-0.3, -0.25) is 0 Å². The van der Waals surface area contributed by atoms with Gasteiger partial charge in [0.15, 0.2) is 0 Å². The SMILES string of the molecule is CC1(C)CCCCC1C(O)Cc1ccccc1Cl. The van der Waals surface area contributed by atoms with Gasteiger partial charge >= 0.3 is 0 Å². The molecule has 0 aromatic heterocycles. The van der Waals surface area contributed by atoms with Gasteiger partial charge in [-0.2, -0.15) is 0 Å². The predicted molar refractivity (Wildman–Crippen MR) is 76.9 cm³/mol. The summed E-state index contributed by atoms with van der Waals surface area (Å²) >= 11 is 6.17. The molecule has 18 heavy (non-hydrogen) atoms. The van der Waals surface area contributed by atoms with Gasteiger partial charge in [0, 0.05) is 11.4 Å². The third-order valence-electron chi connectivity index (χ3n) is 4.44. The molecule has 0 radical (unpaired) electrons. The van der Waals surface area contributed by atoms with Crippen LogP contribution in [0.3, 0.4) is 0 Å². The normalized spacial score (nSPS) is 24.8. The van der Waals surface area contributed by atoms with Crippen molar-refractivity contribution < 1.29 is 5.11 Å². The molecule has 1 aliphatic carbocycles. The van der Waals surface area contributed by atoms with E-state index in [0.29, 0.717) is 12.3 Å². The Bertz CT molecular complexity index is 400. The highest BCUT2D eigenvalue weighted by atomic mass is 35.5. The molecule has 2 heteroatoms. The number of hydrogen-bond acceptors (Lipinski definition) is 1. The van der Waals surface area contributed by atoms with Gasteiger partial charge < -0.3 is 5.11 Å². The van der Waals surface area contributed by atoms with Crippen LogP contribution >= 0.6 is 11.6 Å². The second kappa shape index (κ2) is 5.63. The molecule has 1 saturated carbocycles. The highest BCUT2D eigenvalue weighted by Crippen LogP contribution is 2.43. The van der Waals surface area contributed by atoms with Gasteiger partial charge in [0.05, 0.1) is 6.10 Å². The zero-order chi connectivity index (χ0) is 13.2. The Balaban J connectivity index is 2.07. The molecule has 1 aromatic carbocycles. The van der Waals surface area contributed by atoms with Gasteiger partial charge in [0.25, 0.3) is 0 Å². The Hall–Kier alpha value is -0.530. The Labute approximate surface area is 115 Å². The average Bonchev–Trinajstić information content (AvgIpc) is 2.31. The van der Waals surface area contributed by atoms with Gasteiger partial charge in [-0.15, -0.1) is 0 Å². The van der Waals surface area contributed by atoms with Crippen molar-refractivity contribution in [1.82, 2.24) is 0 Å². The first kappa shape index (κ1) is 13.9. The van der Waals surface area contributed by atoms with Crippen LogP contribution in [0.4, 0.5) is 0 Å². The van der Waals surface area contributed by atoms with E-state index in [-0.39, 0.29) is 11.5 Å². The van der Waals surface area contributed by atoms with Crippen LogP contribution in [0.2, 0.25) is 5.02 Å². The summed E-state index contributed by atoms with van der Waals surface area (Å²) in [4.78, 5) is 0. The fraction of sp³-hybridized carbons (Fsp3) is 0.625. The van der Waals surface area contributed by atoms with Crippen LogP contribution in [0.25, 0.3) is 0 Å². The molecule has 1 aliphatic rings. The van der Waals surface area contributed by atoms with Crippen molar-refractivity contribution in [2.75, 3.05) is 0 Å². The highest BCUT2D eigenvalue weighted by molar-refractivity contribution is 6.31. The highest BCUT2D eigenvalue weighted by Gasteiger charge is 2.36. The molecular weight excluding hydrogens is 244 g/mol. The zero-order valence-corrected chi connectivity index (χ0v) is 12.1. The lowest BCUT2D eigenvalue weighted by atomic mass is 9.66. The van der Waals surface area contributed by atoms with Gasteiger partial charge in [-0.1, -0.05) is 56.5 Å². The molecule has 1 fully saturated rings. The molecule has 2 atom stereocenters. The van der Waals surface area contributed by atoms with Crippen LogP contribution in [0.5, 0.6) is 0 Å². The Morgan fingerprint density at radius 3 is 2.72 bits per heavy atom. The third kappa shape index (κ3) is 3.07. The molecule has 0 heterocycles. The minimum absolute atomic E-state index is 0.249. The third-order valence-corrected chi connectivity index (χ3v) is 4.81. The van der Waals surface area contributed by atoms with Gasteiger partial charge in [-0.05, 0) is 35.8 Å². The average molecular weight is 267 g/mol. The fourth-order valence-corrected chi connectivity index (χ4v) is 3.48. The van der Waals surface area contributed by atoms with Crippen molar-refractivity contribution in [2.24, 2.45) is 11.3 Å². The summed E-state index contributed by atoms with van der Waals surface area (Å²) in [6.45, 7) is 4.57. The second-order valence-electron chi connectivity index (χ2n) is 6.20. The Morgan fingerprint density at radius 2 is 2.06 bits per heavy atom. The van der Waals surface area contributed by atoms with E-state index in [9.17, 15) is 5.11 Å². The molecule has 100 valence electrons. The van der Waals surface area contributed by atoms with E-state index in [1.165, 1.54) is 19.3 Å². The van der Waals surface area contributed by atoms with E-state index in [2.05, 4.69) is 13.8 Å². The largest absolute Gasteiger partial charge is 0.392 e. The van der Waals surface area contributed by atoms with Crippen LogP contribution < -0.4 is 0 Å². The quantitative estimate of drug-likeness (QED) is 0.856. The molecule has 0 amide bonds. The number of aliphatic hydroxyl groups is 1. The summed E-state index contributed by atoms with van der Waals surface area (Å²) in [5, 5.41) is 11.3. The minimum atomic E-state index is -0.278. The maximum absolute atomic E-state index is 10.5. The molecule has 1 N–H and O–H groups in total. The van der Waals surface area contributed by atoms with Crippen molar-refractivity contribution in [3.8, 4) is 0 Å². The zero-order valence-electron chi connectivity index (χ0n) is 11.3. The molecule has 0 saturated heterocycles. The van der Waals surface area contributed by atoms with E-state index in [4.69, 9.17) is 11.6 Å². The molecule has 1 nitrogen and oxygen atoms in total. The molecule has 2 rings (SSSR count). The lowest BCUT2D eigenvalue weighted by Crippen LogP contribution is -2.37. The molecular formula is C16H23ClO. The molecule has 0 bridgehead atoms. The summed E-state index contributed by atoms with van der Waals surface area (Å²) in [5.41, 5.74) is 1.31. The van der Waals surface area contributed by atoms with Crippen LogP contribution in [-0.4, -0.2) is 11.2 Å². The van der Waals surface area contributed by atoms with E-state index < -0.39 is 0 Å².